The van der Waals surface area contributed by atoms with Crippen LogP contribution in [-0.2, 0) is 6.42 Å². The van der Waals surface area contributed by atoms with Crippen LogP contribution in [0.4, 0.5) is 5.69 Å². The highest BCUT2D eigenvalue weighted by atomic mass is 16.5. The Morgan fingerprint density at radius 2 is 1.76 bits per heavy atom. The van der Waals surface area contributed by atoms with Gasteiger partial charge in [-0.2, -0.15) is 0 Å². The molecule has 1 aliphatic heterocycles. The molecule has 0 aromatic heterocycles. The maximum atomic E-state index is 5.46. The Morgan fingerprint density at radius 3 is 2.62 bits per heavy atom. The fraction of sp³-hybridized carbons (Fsp3) is 0.308. The number of anilines is 1. The molecule has 1 fully saturated rings. The van der Waals surface area contributed by atoms with E-state index >= 15 is 0 Å². The zero-order chi connectivity index (χ0) is 19.6. The summed E-state index contributed by atoms with van der Waals surface area (Å²) in [5, 5.41) is 2.56. The molecule has 0 atom stereocenters. The summed E-state index contributed by atoms with van der Waals surface area (Å²) < 4.78 is 5.46. The third kappa shape index (κ3) is 3.63. The molecule has 0 radical (unpaired) electrons. The van der Waals surface area contributed by atoms with Crippen LogP contribution in [0.5, 0.6) is 5.75 Å². The fourth-order valence-corrected chi connectivity index (χ4v) is 4.72. The zero-order valence-corrected chi connectivity index (χ0v) is 17.1. The quantitative estimate of drug-likeness (QED) is 0.616. The van der Waals surface area contributed by atoms with Crippen molar-refractivity contribution in [1.29, 1.82) is 0 Å². The van der Waals surface area contributed by atoms with E-state index < -0.39 is 0 Å². The van der Waals surface area contributed by atoms with Gasteiger partial charge in [0, 0.05) is 43.8 Å². The minimum Gasteiger partial charge on any atom is -0.497 e. The number of allylic oxidation sites excluding steroid dienone is 1. The molecule has 5 rings (SSSR count). The zero-order valence-electron chi connectivity index (χ0n) is 17.1. The topological polar surface area (TPSA) is 15.7 Å². The highest BCUT2D eigenvalue weighted by Crippen LogP contribution is 2.32. The lowest BCUT2D eigenvalue weighted by Gasteiger charge is -2.36. The first-order chi connectivity index (χ1) is 14.3. The van der Waals surface area contributed by atoms with Crippen molar-refractivity contribution < 1.29 is 4.74 Å². The second-order valence-corrected chi connectivity index (χ2v) is 8.03. The summed E-state index contributed by atoms with van der Waals surface area (Å²) >= 11 is 0. The molecule has 148 valence electrons. The van der Waals surface area contributed by atoms with Gasteiger partial charge in [-0.05, 0) is 53.1 Å². The van der Waals surface area contributed by atoms with Gasteiger partial charge in [-0.15, -0.1) is 0 Å². The van der Waals surface area contributed by atoms with Crippen LogP contribution in [0.3, 0.4) is 0 Å². The predicted molar refractivity (Wildman–Crippen MR) is 122 cm³/mol. The van der Waals surface area contributed by atoms with E-state index in [9.17, 15) is 0 Å². The molecule has 3 aromatic rings. The van der Waals surface area contributed by atoms with E-state index in [-0.39, 0.29) is 0 Å². The lowest BCUT2D eigenvalue weighted by atomic mass is 10.0. The first-order valence-corrected chi connectivity index (χ1v) is 10.6. The Kier molecular flexibility index (Phi) is 4.99. The van der Waals surface area contributed by atoms with E-state index in [0.29, 0.717) is 0 Å². The molecule has 3 heteroatoms. The first-order valence-electron chi connectivity index (χ1n) is 10.6. The molecule has 0 N–H and O–H groups in total. The molecule has 0 bridgehead atoms. The molecule has 1 aliphatic carbocycles. The van der Waals surface area contributed by atoms with Crippen molar-refractivity contribution >= 4 is 22.0 Å². The van der Waals surface area contributed by atoms with Gasteiger partial charge in [-0.25, -0.2) is 0 Å². The largest absolute Gasteiger partial charge is 0.497 e. The van der Waals surface area contributed by atoms with Gasteiger partial charge in [0.15, 0.2) is 0 Å². The normalized spacial score (nSPS) is 16.7. The van der Waals surface area contributed by atoms with Crippen LogP contribution in [0.2, 0.25) is 0 Å². The molecule has 1 heterocycles. The van der Waals surface area contributed by atoms with E-state index in [2.05, 4.69) is 70.5 Å². The number of rotatable bonds is 5. The van der Waals surface area contributed by atoms with Crippen molar-refractivity contribution in [3.05, 3.63) is 77.9 Å². The number of nitrogens with zero attached hydrogens (tertiary/aromatic N) is 2. The van der Waals surface area contributed by atoms with Crippen molar-refractivity contribution in [1.82, 2.24) is 4.90 Å². The lowest BCUT2D eigenvalue weighted by Crippen LogP contribution is -2.46. The molecule has 0 spiro atoms. The van der Waals surface area contributed by atoms with Crippen molar-refractivity contribution in [3.8, 4) is 5.75 Å². The molecule has 0 unspecified atom stereocenters. The molecule has 1 saturated heterocycles. The average Bonchev–Trinajstić information content (AvgIpc) is 3.20. The minimum absolute atomic E-state index is 0.925. The average molecular weight is 385 g/mol. The van der Waals surface area contributed by atoms with Gasteiger partial charge in [0.25, 0.3) is 0 Å². The number of piperazine rings is 1. The lowest BCUT2D eigenvalue weighted by molar-refractivity contribution is 0.264. The van der Waals surface area contributed by atoms with Crippen molar-refractivity contribution in [2.45, 2.75) is 12.8 Å². The SMILES string of the molecule is COc1ccc2cccc(N3CCN(CCC4=CCc5ccccc54)CC3)c2c1. The molecule has 3 aromatic carbocycles. The Bertz CT molecular complexity index is 1050. The van der Waals surface area contributed by atoms with Crippen LogP contribution < -0.4 is 9.64 Å². The van der Waals surface area contributed by atoms with E-state index in [0.717, 1.165) is 51.3 Å². The Balaban J connectivity index is 1.23. The third-order valence-electron chi connectivity index (χ3n) is 6.41. The van der Waals surface area contributed by atoms with Gasteiger partial charge in [0.1, 0.15) is 5.75 Å². The number of benzene rings is 3. The van der Waals surface area contributed by atoms with Crippen LogP contribution in [0.25, 0.3) is 16.3 Å². The maximum absolute atomic E-state index is 5.46. The van der Waals surface area contributed by atoms with E-state index in [1.807, 2.05) is 6.07 Å². The third-order valence-corrected chi connectivity index (χ3v) is 6.41. The number of ether oxygens (including phenoxy) is 1. The second kappa shape index (κ2) is 7.92. The van der Waals surface area contributed by atoms with Crippen LogP contribution in [-0.4, -0.2) is 44.7 Å². The molecule has 2 aliphatic rings. The van der Waals surface area contributed by atoms with Crippen molar-refractivity contribution in [3.63, 3.8) is 0 Å². The monoisotopic (exact) mass is 384 g/mol. The van der Waals surface area contributed by atoms with Crippen LogP contribution >= 0.6 is 0 Å². The summed E-state index contributed by atoms with van der Waals surface area (Å²) in [6, 6.07) is 21.8. The fourth-order valence-electron chi connectivity index (χ4n) is 4.72. The van der Waals surface area contributed by atoms with Crippen LogP contribution in [0.1, 0.15) is 17.5 Å². The van der Waals surface area contributed by atoms with Gasteiger partial charge in [0.05, 0.1) is 7.11 Å². The molecule has 0 amide bonds. The Hall–Kier alpha value is -2.78. The molecule has 3 nitrogen and oxygen atoms in total. The molecule has 29 heavy (non-hydrogen) atoms. The summed E-state index contributed by atoms with van der Waals surface area (Å²) in [5.41, 5.74) is 5.81. The minimum atomic E-state index is 0.925. The van der Waals surface area contributed by atoms with E-state index in [1.54, 1.807) is 7.11 Å². The number of hydrogen-bond acceptors (Lipinski definition) is 3. The summed E-state index contributed by atoms with van der Waals surface area (Å²) in [6.07, 6.45) is 4.68. The molecular weight excluding hydrogens is 356 g/mol. The first kappa shape index (κ1) is 18.3. The number of methoxy groups -OCH3 is 1. The summed E-state index contributed by atoms with van der Waals surface area (Å²) in [5.74, 6) is 0.925. The van der Waals surface area contributed by atoms with E-state index in [1.165, 1.54) is 33.2 Å². The standard InChI is InChI=1S/C26H28N2O/c1-29-23-12-11-21-6-4-8-26(25(21)19-23)28-17-15-27(16-18-28)14-13-22-10-9-20-5-2-3-7-24(20)22/h2-8,10-12,19H,9,13-18H2,1H3. The maximum Gasteiger partial charge on any atom is 0.119 e. The Labute approximate surface area is 173 Å². The van der Waals surface area contributed by atoms with Crippen molar-refractivity contribution in [2.75, 3.05) is 44.7 Å². The van der Waals surface area contributed by atoms with Gasteiger partial charge in [-0.1, -0.05) is 48.5 Å². The van der Waals surface area contributed by atoms with E-state index in [4.69, 9.17) is 4.74 Å². The predicted octanol–water partition coefficient (Wildman–Crippen LogP) is 5.00. The van der Waals surface area contributed by atoms with Crippen LogP contribution in [0, 0.1) is 0 Å². The highest BCUT2D eigenvalue weighted by Gasteiger charge is 2.20. The summed E-state index contributed by atoms with van der Waals surface area (Å²) in [6.45, 7) is 5.54. The Morgan fingerprint density at radius 1 is 0.897 bits per heavy atom. The van der Waals surface area contributed by atoms with Crippen LogP contribution in [0.15, 0.2) is 66.7 Å². The van der Waals surface area contributed by atoms with Gasteiger partial charge in [0.2, 0.25) is 0 Å². The van der Waals surface area contributed by atoms with Gasteiger partial charge < -0.3 is 9.64 Å². The number of fused-ring (bicyclic) bond motifs is 2. The second-order valence-electron chi connectivity index (χ2n) is 8.03. The van der Waals surface area contributed by atoms with Crippen molar-refractivity contribution in [2.24, 2.45) is 0 Å². The molecular formula is C26H28N2O. The van der Waals surface area contributed by atoms with Gasteiger partial charge >= 0.3 is 0 Å². The summed E-state index contributed by atoms with van der Waals surface area (Å²) in [4.78, 5) is 5.15. The smallest absolute Gasteiger partial charge is 0.119 e. The summed E-state index contributed by atoms with van der Waals surface area (Å²) in [7, 11) is 1.74. The van der Waals surface area contributed by atoms with Gasteiger partial charge in [-0.3, -0.25) is 4.90 Å². The highest BCUT2D eigenvalue weighted by molar-refractivity contribution is 5.95. The molecule has 0 saturated carbocycles. The number of hydrogen-bond donors (Lipinski definition) is 0.